The van der Waals surface area contributed by atoms with Gasteiger partial charge in [-0.3, -0.25) is 9.59 Å². The number of nitrogens with zero attached hydrogens (tertiary/aromatic N) is 5. The van der Waals surface area contributed by atoms with Gasteiger partial charge in [0.15, 0.2) is 0 Å². The van der Waals surface area contributed by atoms with Crippen LogP contribution in [0.1, 0.15) is 36.3 Å². The maximum Gasteiger partial charge on any atom is 0.325 e. The zero-order valence-corrected chi connectivity index (χ0v) is 12.3. The SMILES string of the molecule is CCn1ncnc1[C@H]1CC(=O)Nc2c1c(C)nn2CC(=O)O. The number of hydrogen-bond acceptors (Lipinski definition) is 5. The number of hydrogen-bond donors (Lipinski definition) is 2. The van der Waals surface area contributed by atoms with Gasteiger partial charge in [0.1, 0.15) is 24.5 Å². The summed E-state index contributed by atoms with van der Waals surface area (Å²) in [7, 11) is 0. The van der Waals surface area contributed by atoms with Gasteiger partial charge in [-0.2, -0.15) is 10.2 Å². The molecule has 0 aliphatic carbocycles. The fourth-order valence-electron chi connectivity index (χ4n) is 2.86. The summed E-state index contributed by atoms with van der Waals surface area (Å²) in [5, 5.41) is 20.1. The molecule has 0 spiro atoms. The molecule has 1 aliphatic rings. The number of amides is 1. The molecule has 9 nitrogen and oxygen atoms in total. The normalized spacial score (nSPS) is 17.2. The van der Waals surface area contributed by atoms with E-state index in [2.05, 4.69) is 20.5 Å². The summed E-state index contributed by atoms with van der Waals surface area (Å²) in [6.07, 6.45) is 1.70. The van der Waals surface area contributed by atoms with E-state index in [4.69, 9.17) is 5.11 Å². The highest BCUT2D eigenvalue weighted by atomic mass is 16.4. The van der Waals surface area contributed by atoms with Crippen LogP contribution in [0, 0.1) is 6.92 Å². The highest BCUT2D eigenvalue weighted by molar-refractivity contribution is 5.94. The van der Waals surface area contributed by atoms with Gasteiger partial charge in [-0.05, 0) is 13.8 Å². The molecule has 22 heavy (non-hydrogen) atoms. The maximum atomic E-state index is 12.0. The monoisotopic (exact) mass is 304 g/mol. The van der Waals surface area contributed by atoms with E-state index in [9.17, 15) is 9.59 Å². The summed E-state index contributed by atoms with van der Waals surface area (Å²) in [6.45, 7) is 4.09. The van der Waals surface area contributed by atoms with E-state index in [0.717, 1.165) is 5.56 Å². The van der Waals surface area contributed by atoms with Crippen LogP contribution < -0.4 is 5.32 Å². The Balaban J connectivity index is 2.12. The van der Waals surface area contributed by atoms with Gasteiger partial charge in [0.05, 0.1) is 11.6 Å². The summed E-state index contributed by atoms with van der Waals surface area (Å²) in [5.74, 6) is -0.342. The lowest BCUT2D eigenvalue weighted by molar-refractivity contribution is -0.137. The smallest absolute Gasteiger partial charge is 0.325 e. The second kappa shape index (κ2) is 5.24. The molecule has 116 valence electrons. The van der Waals surface area contributed by atoms with E-state index < -0.39 is 5.97 Å². The molecule has 3 rings (SSSR count). The van der Waals surface area contributed by atoms with Crippen LogP contribution in [0.2, 0.25) is 0 Å². The molecule has 3 heterocycles. The summed E-state index contributed by atoms with van der Waals surface area (Å²) >= 11 is 0. The lowest BCUT2D eigenvalue weighted by Crippen LogP contribution is -2.27. The van der Waals surface area contributed by atoms with Crippen molar-refractivity contribution in [3.8, 4) is 0 Å². The number of anilines is 1. The van der Waals surface area contributed by atoms with E-state index in [-0.39, 0.29) is 24.8 Å². The molecule has 1 atom stereocenters. The Morgan fingerprint density at radius 3 is 2.95 bits per heavy atom. The van der Waals surface area contributed by atoms with Crippen molar-refractivity contribution in [1.29, 1.82) is 0 Å². The lowest BCUT2D eigenvalue weighted by Gasteiger charge is -2.23. The number of rotatable bonds is 4. The first kappa shape index (κ1) is 14.2. The average Bonchev–Trinajstić information content (AvgIpc) is 3.03. The molecular formula is C13H16N6O3. The summed E-state index contributed by atoms with van der Waals surface area (Å²) in [5.41, 5.74) is 1.50. The first-order chi connectivity index (χ1) is 10.5. The average molecular weight is 304 g/mol. The van der Waals surface area contributed by atoms with Gasteiger partial charge in [0, 0.05) is 18.5 Å². The number of nitrogens with one attached hydrogen (secondary N) is 1. The molecule has 0 unspecified atom stereocenters. The number of carbonyl (C=O) groups excluding carboxylic acids is 1. The number of fused-ring (bicyclic) bond motifs is 1. The molecular weight excluding hydrogens is 288 g/mol. The van der Waals surface area contributed by atoms with Gasteiger partial charge in [-0.1, -0.05) is 0 Å². The molecule has 2 N–H and O–H groups in total. The van der Waals surface area contributed by atoms with Crippen LogP contribution in [0.4, 0.5) is 5.82 Å². The number of carbonyl (C=O) groups is 2. The third-order valence-corrected chi connectivity index (χ3v) is 3.71. The first-order valence-corrected chi connectivity index (χ1v) is 6.97. The Morgan fingerprint density at radius 1 is 1.50 bits per heavy atom. The Labute approximate surface area is 126 Å². The highest BCUT2D eigenvalue weighted by Gasteiger charge is 2.35. The molecule has 2 aromatic rings. The molecule has 0 aromatic carbocycles. The number of aryl methyl sites for hydroxylation is 2. The Bertz CT molecular complexity index is 747. The minimum Gasteiger partial charge on any atom is -0.480 e. The van der Waals surface area contributed by atoms with Crippen molar-refractivity contribution in [1.82, 2.24) is 24.5 Å². The fourth-order valence-corrected chi connectivity index (χ4v) is 2.86. The van der Waals surface area contributed by atoms with Gasteiger partial charge >= 0.3 is 5.97 Å². The van der Waals surface area contributed by atoms with Crippen molar-refractivity contribution in [2.75, 3.05) is 5.32 Å². The third-order valence-electron chi connectivity index (χ3n) is 3.71. The summed E-state index contributed by atoms with van der Waals surface area (Å²) in [6, 6.07) is 0. The van der Waals surface area contributed by atoms with Gasteiger partial charge in [-0.25, -0.2) is 14.3 Å². The molecule has 0 radical (unpaired) electrons. The molecule has 0 saturated carbocycles. The number of carboxylic acids is 1. The van der Waals surface area contributed by atoms with Crippen molar-refractivity contribution in [2.24, 2.45) is 0 Å². The van der Waals surface area contributed by atoms with Crippen molar-refractivity contribution in [3.63, 3.8) is 0 Å². The van der Waals surface area contributed by atoms with E-state index in [1.165, 1.54) is 11.0 Å². The van der Waals surface area contributed by atoms with Crippen LogP contribution in [0.3, 0.4) is 0 Å². The van der Waals surface area contributed by atoms with Crippen molar-refractivity contribution in [3.05, 3.63) is 23.4 Å². The zero-order chi connectivity index (χ0) is 15.9. The predicted molar refractivity (Wildman–Crippen MR) is 75.4 cm³/mol. The third kappa shape index (κ3) is 2.24. The fraction of sp³-hybridized carbons (Fsp3) is 0.462. The number of aliphatic carboxylic acids is 1. The largest absolute Gasteiger partial charge is 0.480 e. The minimum atomic E-state index is -1.02. The number of carboxylic acid groups (broad SMARTS) is 1. The standard InChI is InChI=1S/C13H16N6O3/c1-3-18-12(14-6-15-18)8-4-9(20)16-13-11(8)7(2)17-19(13)5-10(21)22/h6,8H,3-5H2,1-2H3,(H,16,20)(H,21,22)/t8-/m0/s1. The molecule has 0 fully saturated rings. The van der Waals surface area contributed by atoms with Crippen molar-refractivity contribution in [2.45, 2.75) is 39.3 Å². The lowest BCUT2D eigenvalue weighted by atomic mass is 9.91. The van der Waals surface area contributed by atoms with Gasteiger partial charge in [-0.15, -0.1) is 0 Å². The van der Waals surface area contributed by atoms with E-state index >= 15 is 0 Å². The molecule has 1 aliphatic heterocycles. The van der Waals surface area contributed by atoms with E-state index in [1.54, 1.807) is 11.6 Å². The van der Waals surface area contributed by atoms with E-state index in [0.29, 0.717) is 23.9 Å². The highest BCUT2D eigenvalue weighted by Crippen LogP contribution is 2.38. The second-order valence-corrected chi connectivity index (χ2v) is 5.14. The van der Waals surface area contributed by atoms with E-state index in [1.807, 2.05) is 6.92 Å². The molecule has 0 bridgehead atoms. The van der Waals surface area contributed by atoms with Crippen LogP contribution in [-0.4, -0.2) is 41.5 Å². The predicted octanol–water partition coefficient (Wildman–Crippen LogP) is 0.362. The Kier molecular flexibility index (Phi) is 3.39. The van der Waals surface area contributed by atoms with Gasteiger partial charge in [0.2, 0.25) is 5.91 Å². The Morgan fingerprint density at radius 2 is 2.27 bits per heavy atom. The second-order valence-electron chi connectivity index (χ2n) is 5.14. The minimum absolute atomic E-state index is 0.185. The zero-order valence-electron chi connectivity index (χ0n) is 12.3. The topological polar surface area (TPSA) is 115 Å². The maximum absolute atomic E-state index is 12.0. The van der Waals surface area contributed by atoms with Gasteiger partial charge in [0.25, 0.3) is 0 Å². The molecule has 2 aromatic heterocycles. The molecule has 0 saturated heterocycles. The van der Waals surface area contributed by atoms with Crippen LogP contribution in [0.25, 0.3) is 0 Å². The molecule has 1 amide bonds. The quantitative estimate of drug-likeness (QED) is 0.843. The van der Waals surface area contributed by atoms with Crippen molar-refractivity contribution < 1.29 is 14.7 Å². The van der Waals surface area contributed by atoms with Crippen LogP contribution in [-0.2, 0) is 22.7 Å². The van der Waals surface area contributed by atoms with Gasteiger partial charge < -0.3 is 10.4 Å². The summed E-state index contributed by atoms with van der Waals surface area (Å²) < 4.78 is 3.05. The van der Waals surface area contributed by atoms with Crippen LogP contribution >= 0.6 is 0 Å². The van der Waals surface area contributed by atoms with Crippen molar-refractivity contribution >= 4 is 17.7 Å². The first-order valence-electron chi connectivity index (χ1n) is 6.97. The van der Waals surface area contributed by atoms with Crippen LogP contribution in [0.15, 0.2) is 6.33 Å². The summed E-state index contributed by atoms with van der Waals surface area (Å²) in [4.78, 5) is 27.3. The Hall–Kier alpha value is -2.71. The van der Waals surface area contributed by atoms with Crippen LogP contribution in [0.5, 0.6) is 0 Å². The number of aromatic nitrogens is 5. The molecule has 9 heteroatoms.